The van der Waals surface area contributed by atoms with Gasteiger partial charge in [0.1, 0.15) is 0 Å². The van der Waals surface area contributed by atoms with E-state index in [0.717, 1.165) is 25.1 Å². The van der Waals surface area contributed by atoms with E-state index in [0.29, 0.717) is 6.04 Å². The van der Waals surface area contributed by atoms with Crippen molar-refractivity contribution in [3.05, 3.63) is 24.3 Å². The Hall–Kier alpha value is -0.960. The zero-order valence-corrected chi connectivity index (χ0v) is 8.33. The van der Waals surface area contributed by atoms with Gasteiger partial charge in [0.05, 0.1) is 11.7 Å². The Morgan fingerprint density at radius 2 is 2.23 bits per heavy atom. The van der Waals surface area contributed by atoms with Gasteiger partial charge in [0, 0.05) is 18.6 Å². The predicted octanol–water partition coefficient (Wildman–Crippen LogP) is 1.93. The average Bonchev–Trinajstić information content (AvgIpc) is 2.19. The highest BCUT2D eigenvalue weighted by Gasteiger charge is 2.09. The third-order valence-corrected chi connectivity index (χ3v) is 1.97. The van der Waals surface area contributed by atoms with Crippen LogP contribution in [0.2, 0.25) is 0 Å². The van der Waals surface area contributed by atoms with E-state index in [-0.39, 0.29) is 0 Å². The summed E-state index contributed by atoms with van der Waals surface area (Å²) >= 11 is 0. The first-order valence-corrected chi connectivity index (χ1v) is 4.87. The van der Waals surface area contributed by atoms with Gasteiger partial charge in [-0.3, -0.25) is 9.97 Å². The maximum atomic E-state index is 4.29. The van der Waals surface area contributed by atoms with Gasteiger partial charge in [-0.05, 0) is 13.0 Å². The van der Waals surface area contributed by atoms with Crippen molar-refractivity contribution in [2.24, 2.45) is 0 Å². The van der Waals surface area contributed by atoms with Crippen molar-refractivity contribution >= 4 is 0 Å². The van der Waals surface area contributed by atoms with Gasteiger partial charge in [-0.1, -0.05) is 20.3 Å². The summed E-state index contributed by atoms with van der Waals surface area (Å²) in [5, 5.41) is 3.40. The van der Waals surface area contributed by atoms with Crippen LogP contribution >= 0.6 is 0 Å². The van der Waals surface area contributed by atoms with Gasteiger partial charge >= 0.3 is 0 Å². The van der Waals surface area contributed by atoms with Crippen LogP contribution in [0.4, 0.5) is 0 Å². The lowest BCUT2D eigenvalue weighted by Gasteiger charge is -2.15. The van der Waals surface area contributed by atoms with Crippen LogP contribution in [0, 0.1) is 0 Å². The Balaban J connectivity index is 2.64. The Labute approximate surface area is 79.6 Å². The minimum absolute atomic E-state index is 0.365. The molecule has 1 rings (SSSR count). The lowest BCUT2D eigenvalue weighted by molar-refractivity contribution is 0.496. The second-order valence-electron chi connectivity index (χ2n) is 3.03. The summed E-state index contributed by atoms with van der Waals surface area (Å²) in [4.78, 5) is 8.36. The van der Waals surface area contributed by atoms with Crippen LogP contribution in [0.3, 0.4) is 0 Å². The van der Waals surface area contributed by atoms with Gasteiger partial charge in [-0.2, -0.15) is 0 Å². The predicted molar refractivity (Wildman–Crippen MR) is 53.4 cm³/mol. The van der Waals surface area contributed by atoms with E-state index in [2.05, 4.69) is 29.1 Å². The second kappa shape index (κ2) is 5.65. The molecule has 0 fully saturated rings. The number of nitrogens with one attached hydrogen (secondary N) is 1. The smallest absolute Gasteiger partial charge is 0.0756 e. The van der Waals surface area contributed by atoms with Gasteiger partial charge < -0.3 is 5.32 Å². The standard InChI is InChI=1S/C10H17N3/c1-3-5-9(12-4-2)10-8-11-6-7-13-10/h6-9,12H,3-5H2,1-2H3. The molecule has 1 unspecified atom stereocenters. The van der Waals surface area contributed by atoms with Crippen molar-refractivity contribution in [2.45, 2.75) is 32.7 Å². The monoisotopic (exact) mass is 179 g/mol. The SMILES string of the molecule is CCCC(NCC)c1cnccn1. The van der Waals surface area contributed by atoms with Crippen molar-refractivity contribution in [3.63, 3.8) is 0 Å². The van der Waals surface area contributed by atoms with Crippen molar-refractivity contribution in [1.82, 2.24) is 15.3 Å². The van der Waals surface area contributed by atoms with Crippen molar-refractivity contribution in [3.8, 4) is 0 Å². The molecule has 1 aromatic rings. The third-order valence-electron chi connectivity index (χ3n) is 1.97. The van der Waals surface area contributed by atoms with E-state index in [1.54, 1.807) is 12.4 Å². The van der Waals surface area contributed by atoms with Crippen LogP contribution in [0.25, 0.3) is 0 Å². The van der Waals surface area contributed by atoms with Gasteiger partial charge in [-0.15, -0.1) is 0 Å². The molecule has 1 atom stereocenters. The molecule has 3 heteroatoms. The average molecular weight is 179 g/mol. The first-order chi connectivity index (χ1) is 6.38. The molecule has 0 bridgehead atoms. The zero-order chi connectivity index (χ0) is 9.52. The van der Waals surface area contributed by atoms with E-state index < -0.39 is 0 Å². The maximum absolute atomic E-state index is 4.29. The molecule has 0 aromatic carbocycles. The Kier molecular flexibility index (Phi) is 4.40. The summed E-state index contributed by atoms with van der Waals surface area (Å²) in [6.45, 7) is 5.26. The summed E-state index contributed by atoms with van der Waals surface area (Å²) in [7, 11) is 0. The quantitative estimate of drug-likeness (QED) is 0.750. The summed E-state index contributed by atoms with van der Waals surface area (Å²) in [5.74, 6) is 0. The molecule has 72 valence electrons. The van der Waals surface area contributed by atoms with Gasteiger partial charge in [0.15, 0.2) is 0 Å². The molecule has 0 aliphatic carbocycles. The summed E-state index contributed by atoms with van der Waals surface area (Å²) in [6, 6.07) is 0.365. The molecule has 1 N–H and O–H groups in total. The van der Waals surface area contributed by atoms with Crippen LogP contribution in [0.15, 0.2) is 18.6 Å². The molecule has 0 spiro atoms. The van der Waals surface area contributed by atoms with Crippen molar-refractivity contribution < 1.29 is 0 Å². The fourth-order valence-corrected chi connectivity index (χ4v) is 1.38. The van der Waals surface area contributed by atoms with E-state index in [1.165, 1.54) is 0 Å². The van der Waals surface area contributed by atoms with Crippen LogP contribution in [0.1, 0.15) is 38.4 Å². The second-order valence-corrected chi connectivity index (χ2v) is 3.03. The number of hydrogen-bond acceptors (Lipinski definition) is 3. The van der Waals surface area contributed by atoms with Crippen molar-refractivity contribution in [1.29, 1.82) is 0 Å². The minimum Gasteiger partial charge on any atom is -0.309 e. The molecule has 1 aromatic heterocycles. The Morgan fingerprint density at radius 3 is 2.77 bits per heavy atom. The molecular formula is C10H17N3. The summed E-state index contributed by atoms with van der Waals surface area (Å²) in [6.07, 6.45) is 7.57. The van der Waals surface area contributed by atoms with Crippen LogP contribution in [0.5, 0.6) is 0 Å². The fourth-order valence-electron chi connectivity index (χ4n) is 1.38. The molecule has 1 heterocycles. The first-order valence-electron chi connectivity index (χ1n) is 4.87. The fraction of sp³-hybridized carbons (Fsp3) is 0.600. The molecule has 0 radical (unpaired) electrons. The normalized spacial score (nSPS) is 12.8. The van der Waals surface area contributed by atoms with Crippen LogP contribution < -0.4 is 5.32 Å². The van der Waals surface area contributed by atoms with Gasteiger partial charge in [0.2, 0.25) is 0 Å². The van der Waals surface area contributed by atoms with E-state index in [4.69, 9.17) is 0 Å². The molecule has 0 saturated heterocycles. The minimum atomic E-state index is 0.365. The Morgan fingerprint density at radius 1 is 1.38 bits per heavy atom. The number of rotatable bonds is 5. The molecule has 13 heavy (non-hydrogen) atoms. The number of aromatic nitrogens is 2. The van der Waals surface area contributed by atoms with Gasteiger partial charge in [0.25, 0.3) is 0 Å². The molecule has 3 nitrogen and oxygen atoms in total. The molecule has 0 aliphatic heterocycles. The molecular weight excluding hydrogens is 162 g/mol. The van der Waals surface area contributed by atoms with E-state index in [9.17, 15) is 0 Å². The van der Waals surface area contributed by atoms with E-state index in [1.807, 2.05) is 6.20 Å². The van der Waals surface area contributed by atoms with Crippen LogP contribution in [-0.4, -0.2) is 16.5 Å². The van der Waals surface area contributed by atoms with Crippen molar-refractivity contribution in [2.75, 3.05) is 6.54 Å². The molecule has 0 aliphatic rings. The molecule has 0 amide bonds. The zero-order valence-electron chi connectivity index (χ0n) is 8.33. The summed E-state index contributed by atoms with van der Waals surface area (Å²) in [5.41, 5.74) is 1.05. The Bertz CT molecular complexity index is 217. The largest absolute Gasteiger partial charge is 0.309 e. The lowest BCUT2D eigenvalue weighted by Crippen LogP contribution is -2.21. The molecule has 0 saturated carbocycles. The highest BCUT2D eigenvalue weighted by atomic mass is 14.9. The number of hydrogen-bond donors (Lipinski definition) is 1. The number of nitrogens with zero attached hydrogens (tertiary/aromatic N) is 2. The van der Waals surface area contributed by atoms with Crippen LogP contribution in [-0.2, 0) is 0 Å². The van der Waals surface area contributed by atoms with E-state index >= 15 is 0 Å². The highest BCUT2D eigenvalue weighted by molar-refractivity contribution is 5.01. The maximum Gasteiger partial charge on any atom is 0.0756 e. The third kappa shape index (κ3) is 3.11. The topological polar surface area (TPSA) is 37.8 Å². The summed E-state index contributed by atoms with van der Waals surface area (Å²) < 4.78 is 0. The highest BCUT2D eigenvalue weighted by Crippen LogP contribution is 2.14. The van der Waals surface area contributed by atoms with Gasteiger partial charge in [-0.25, -0.2) is 0 Å². The first kappa shape index (κ1) is 10.1. The lowest BCUT2D eigenvalue weighted by atomic mass is 10.1.